The van der Waals surface area contributed by atoms with E-state index in [1.165, 1.54) is 24.3 Å². The van der Waals surface area contributed by atoms with Gasteiger partial charge in [0.1, 0.15) is 30.7 Å². The number of rotatable bonds is 21. The molecule has 2 heterocycles. The SMILES string of the molecule is O=C(O)CCC(NC(=O)C(CCC(=O)O)NC(=O)C(CCC(=O)O)NC(=O)C(NC(=O)CN1C(=O)c2cccc3c(N4CCCCC4)ccc(c23)C1=O)c1ccccc1)C(=O)O. The zero-order valence-electron chi connectivity index (χ0n) is 33.3. The van der Waals surface area contributed by atoms with E-state index in [1.807, 2.05) is 12.1 Å². The minimum absolute atomic E-state index is 0.173. The lowest BCUT2D eigenvalue weighted by atomic mass is 9.92. The van der Waals surface area contributed by atoms with Crippen LogP contribution in [0.3, 0.4) is 0 Å². The number of benzene rings is 3. The molecule has 0 aliphatic carbocycles. The van der Waals surface area contributed by atoms with Gasteiger partial charge in [0.15, 0.2) is 0 Å². The highest BCUT2D eigenvalue weighted by molar-refractivity contribution is 6.27. The van der Waals surface area contributed by atoms with Crippen LogP contribution in [0.25, 0.3) is 10.8 Å². The number of carboxylic acid groups (broad SMARTS) is 4. The predicted molar refractivity (Wildman–Crippen MR) is 217 cm³/mol. The minimum Gasteiger partial charge on any atom is -0.481 e. The number of imide groups is 1. The number of amides is 6. The van der Waals surface area contributed by atoms with Crippen molar-refractivity contribution in [1.82, 2.24) is 26.2 Å². The molecule has 328 valence electrons. The number of anilines is 1. The lowest BCUT2D eigenvalue weighted by Gasteiger charge is -2.32. The Bertz CT molecular complexity index is 2240. The smallest absolute Gasteiger partial charge is 0.326 e. The molecule has 1 saturated heterocycles. The van der Waals surface area contributed by atoms with Gasteiger partial charge in [0.2, 0.25) is 23.6 Å². The van der Waals surface area contributed by atoms with Crippen molar-refractivity contribution in [2.75, 3.05) is 24.5 Å². The average molecular weight is 859 g/mol. The number of piperidine rings is 1. The lowest BCUT2D eigenvalue weighted by molar-refractivity contribution is -0.144. The molecule has 0 spiro atoms. The van der Waals surface area contributed by atoms with E-state index in [9.17, 15) is 63.3 Å². The third-order valence-corrected chi connectivity index (χ3v) is 10.5. The van der Waals surface area contributed by atoms with Crippen LogP contribution in [0.15, 0.2) is 60.7 Å². The molecule has 0 bridgehead atoms. The second kappa shape index (κ2) is 20.7. The van der Waals surface area contributed by atoms with Gasteiger partial charge in [-0.05, 0) is 62.3 Å². The number of nitrogens with zero attached hydrogens (tertiary/aromatic N) is 2. The summed E-state index contributed by atoms with van der Waals surface area (Å²) in [5, 5.41) is 47.5. The standard InChI is InChI=1S/C42H46N6O14/c49-31(22-48-40(59)25-11-7-10-24-30(47-20-5-2-6-21-47)16-12-26(35(24)25)41(48)60)46-36(23-8-3-1-4-9-23)39(58)44-28(14-18-33(52)53)37(56)43-27(13-17-32(50)51)38(57)45-29(42(61)62)15-19-34(54)55/h1,3-4,7-12,16,27-29,36H,2,5-6,13-15,17-22H2,(H,43,56)(H,44,58)(H,45,57)(H,46,49)(H,50,51)(H,52,53)(H,54,55)(H,61,62). The van der Waals surface area contributed by atoms with E-state index in [1.54, 1.807) is 24.3 Å². The second-order valence-corrected chi connectivity index (χ2v) is 14.8. The fourth-order valence-electron chi connectivity index (χ4n) is 7.38. The van der Waals surface area contributed by atoms with Crippen LogP contribution in [-0.4, -0.2) is 122 Å². The maximum Gasteiger partial charge on any atom is 0.326 e. The fourth-order valence-corrected chi connectivity index (χ4v) is 7.38. The van der Waals surface area contributed by atoms with Crippen molar-refractivity contribution in [2.45, 2.75) is 82.0 Å². The van der Waals surface area contributed by atoms with Crippen molar-refractivity contribution in [3.05, 3.63) is 77.4 Å². The Morgan fingerprint density at radius 1 is 0.565 bits per heavy atom. The largest absolute Gasteiger partial charge is 0.481 e. The summed E-state index contributed by atoms with van der Waals surface area (Å²) in [6.45, 7) is 0.834. The lowest BCUT2D eigenvalue weighted by Crippen LogP contribution is -2.57. The maximum atomic E-state index is 14.0. The van der Waals surface area contributed by atoms with Crippen LogP contribution in [0.1, 0.15) is 90.1 Å². The van der Waals surface area contributed by atoms with E-state index in [-0.39, 0.29) is 16.7 Å². The summed E-state index contributed by atoms with van der Waals surface area (Å²) < 4.78 is 0. The fraction of sp³-hybridized carbons (Fsp3) is 0.381. The van der Waals surface area contributed by atoms with Gasteiger partial charge in [0, 0.05) is 59.9 Å². The van der Waals surface area contributed by atoms with Gasteiger partial charge in [-0.25, -0.2) is 4.79 Å². The van der Waals surface area contributed by atoms with Gasteiger partial charge in [-0.2, -0.15) is 0 Å². The van der Waals surface area contributed by atoms with Gasteiger partial charge in [0.25, 0.3) is 11.8 Å². The van der Waals surface area contributed by atoms with Crippen molar-refractivity contribution >= 4 is 75.8 Å². The molecule has 0 radical (unpaired) electrons. The molecule has 4 atom stereocenters. The monoisotopic (exact) mass is 858 g/mol. The van der Waals surface area contributed by atoms with E-state index in [4.69, 9.17) is 5.11 Å². The molecule has 20 nitrogen and oxygen atoms in total. The molecule has 62 heavy (non-hydrogen) atoms. The molecule has 3 aromatic rings. The van der Waals surface area contributed by atoms with Gasteiger partial charge < -0.3 is 46.6 Å². The quantitative estimate of drug-likeness (QED) is 0.0703. The minimum atomic E-state index is -1.74. The van der Waals surface area contributed by atoms with Crippen molar-refractivity contribution < 1.29 is 68.4 Å². The Morgan fingerprint density at radius 3 is 1.63 bits per heavy atom. The van der Waals surface area contributed by atoms with Crippen molar-refractivity contribution in [2.24, 2.45) is 0 Å². The number of hydrogen-bond acceptors (Lipinski definition) is 11. The molecule has 3 aromatic carbocycles. The van der Waals surface area contributed by atoms with Crippen LogP contribution >= 0.6 is 0 Å². The first kappa shape index (κ1) is 45.7. The average Bonchev–Trinajstić information content (AvgIpc) is 3.24. The Kier molecular flexibility index (Phi) is 15.3. The molecule has 6 amide bonds. The molecule has 2 aliphatic heterocycles. The van der Waals surface area contributed by atoms with Crippen LogP contribution in [0, 0.1) is 0 Å². The number of hydrogen-bond donors (Lipinski definition) is 8. The number of carbonyl (C=O) groups excluding carboxylic acids is 6. The highest BCUT2D eigenvalue weighted by Gasteiger charge is 2.37. The van der Waals surface area contributed by atoms with Crippen molar-refractivity contribution in [1.29, 1.82) is 0 Å². The molecule has 1 fully saturated rings. The van der Waals surface area contributed by atoms with Crippen molar-refractivity contribution in [3.8, 4) is 0 Å². The molecule has 5 rings (SSSR count). The second-order valence-electron chi connectivity index (χ2n) is 14.8. The van der Waals surface area contributed by atoms with Crippen LogP contribution in [0.4, 0.5) is 5.69 Å². The summed E-state index contributed by atoms with van der Waals surface area (Å²) in [5.41, 5.74) is 1.49. The maximum absolute atomic E-state index is 14.0. The van der Waals surface area contributed by atoms with E-state index < -0.39 is 129 Å². The Hall–Kier alpha value is -7.38. The summed E-state index contributed by atoms with van der Waals surface area (Å²) in [6, 6.07) is 9.33. The molecular weight excluding hydrogens is 812 g/mol. The number of aliphatic carboxylic acids is 4. The summed E-state index contributed by atoms with van der Waals surface area (Å²) in [7, 11) is 0. The predicted octanol–water partition coefficient (Wildman–Crippen LogP) is 1.42. The van der Waals surface area contributed by atoms with Crippen LogP contribution in [0.2, 0.25) is 0 Å². The normalized spacial score (nSPS) is 15.4. The summed E-state index contributed by atoms with van der Waals surface area (Å²) in [5.74, 6) is -11.6. The number of carbonyl (C=O) groups is 10. The van der Waals surface area contributed by atoms with E-state index in [0.29, 0.717) is 5.39 Å². The Morgan fingerprint density at radius 2 is 1.08 bits per heavy atom. The van der Waals surface area contributed by atoms with Gasteiger partial charge >= 0.3 is 23.9 Å². The number of nitrogens with one attached hydrogen (secondary N) is 4. The Labute approximate surface area is 353 Å². The van der Waals surface area contributed by atoms with Crippen LogP contribution < -0.4 is 26.2 Å². The third-order valence-electron chi connectivity index (χ3n) is 10.5. The first-order chi connectivity index (χ1) is 29.5. The molecule has 2 aliphatic rings. The highest BCUT2D eigenvalue weighted by Crippen LogP contribution is 2.37. The van der Waals surface area contributed by atoms with Crippen LogP contribution in [0.5, 0.6) is 0 Å². The number of carboxylic acids is 4. The summed E-state index contributed by atoms with van der Waals surface area (Å²) >= 11 is 0. The third kappa shape index (κ3) is 11.5. The van der Waals surface area contributed by atoms with Gasteiger partial charge in [-0.15, -0.1) is 0 Å². The topological polar surface area (TPSA) is 306 Å². The molecular formula is C42H46N6O14. The highest BCUT2D eigenvalue weighted by atomic mass is 16.4. The Balaban J connectivity index is 1.35. The first-order valence-corrected chi connectivity index (χ1v) is 19.9. The van der Waals surface area contributed by atoms with E-state index in [2.05, 4.69) is 26.2 Å². The zero-order valence-corrected chi connectivity index (χ0v) is 33.3. The summed E-state index contributed by atoms with van der Waals surface area (Å²) in [6.07, 6.45) is -0.661. The zero-order chi connectivity index (χ0) is 45.1. The molecule has 20 heteroatoms. The molecule has 0 saturated carbocycles. The molecule has 8 N–H and O–H groups in total. The first-order valence-electron chi connectivity index (χ1n) is 19.9. The van der Waals surface area contributed by atoms with E-state index in [0.717, 1.165) is 48.3 Å². The van der Waals surface area contributed by atoms with Gasteiger partial charge in [-0.1, -0.05) is 42.5 Å². The van der Waals surface area contributed by atoms with Gasteiger partial charge in [0.05, 0.1) is 0 Å². The molecule has 0 aromatic heterocycles. The van der Waals surface area contributed by atoms with Crippen LogP contribution in [-0.2, 0) is 38.4 Å². The van der Waals surface area contributed by atoms with Crippen molar-refractivity contribution in [3.63, 3.8) is 0 Å². The molecule has 4 unspecified atom stereocenters. The van der Waals surface area contributed by atoms with Gasteiger partial charge in [-0.3, -0.25) is 48.1 Å². The van der Waals surface area contributed by atoms with E-state index >= 15 is 0 Å². The summed E-state index contributed by atoms with van der Waals surface area (Å²) in [4.78, 5) is 131.